The monoisotopic (exact) mass is 360 g/mol. The van der Waals surface area contributed by atoms with Gasteiger partial charge in [-0.3, -0.25) is 9.59 Å². The molecule has 4 nitrogen and oxygen atoms in total. The number of hydrogen-bond donors (Lipinski definition) is 2. The van der Waals surface area contributed by atoms with Crippen molar-refractivity contribution in [3.8, 4) is 0 Å². The molecule has 0 atom stereocenters. The van der Waals surface area contributed by atoms with Crippen molar-refractivity contribution in [2.75, 3.05) is 5.32 Å². The van der Waals surface area contributed by atoms with Crippen LogP contribution < -0.4 is 11.1 Å². The number of benzene rings is 2. The van der Waals surface area contributed by atoms with Crippen LogP contribution in [0.5, 0.6) is 0 Å². The Kier molecular flexibility index (Phi) is 4.26. The van der Waals surface area contributed by atoms with Crippen LogP contribution >= 0.6 is 11.3 Å². The van der Waals surface area contributed by atoms with Gasteiger partial charge in [0.15, 0.2) is 0 Å². The van der Waals surface area contributed by atoms with Crippen LogP contribution in [-0.2, 0) is 0 Å². The van der Waals surface area contributed by atoms with E-state index >= 15 is 0 Å². The number of primary amides is 1. The Morgan fingerprint density at radius 3 is 2.48 bits per heavy atom. The fourth-order valence-electron chi connectivity index (χ4n) is 2.54. The lowest BCUT2D eigenvalue weighted by atomic mass is 10.1. The van der Waals surface area contributed by atoms with E-state index in [-0.39, 0.29) is 22.6 Å². The highest BCUT2D eigenvalue weighted by molar-refractivity contribution is 7.21. The highest BCUT2D eigenvalue weighted by Crippen LogP contribution is 2.32. The highest BCUT2D eigenvalue weighted by atomic mass is 32.1. The van der Waals surface area contributed by atoms with Crippen molar-refractivity contribution in [2.45, 2.75) is 13.8 Å². The number of fused-ring (bicyclic) bond motifs is 1. The van der Waals surface area contributed by atoms with E-state index in [2.05, 4.69) is 5.32 Å². The van der Waals surface area contributed by atoms with Crippen LogP contribution in [0, 0.1) is 25.5 Å². The van der Waals surface area contributed by atoms with Crippen LogP contribution in [0.3, 0.4) is 0 Å². The number of carbonyl (C=O) groups excluding carboxylic acids is 2. The summed E-state index contributed by atoms with van der Waals surface area (Å²) in [5.74, 6) is -2.26. The molecule has 0 radical (unpaired) electrons. The van der Waals surface area contributed by atoms with Gasteiger partial charge in [-0.1, -0.05) is 0 Å². The van der Waals surface area contributed by atoms with Gasteiger partial charge < -0.3 is 11.1 Å². The Bertz CT molecular complexity index is 1030. The van der Waals surface area contributed by atoms with Gasteiger partial charge in [-0.15, -0.1) is 11.3 Å². The van der Waals surface area contributed by atoms with Gasteiger partial charge in [0, 0.05) is 21.5 Å². The number of anilines is 1. The summed E-state index contributed by atoms with van der Waals surface area (Å²) in [5.41, 5.74) is 6.15. The molecule has 2 aromatic carbocycles. The Morgan fingerprint density at radius 2 is 1.80 bits per heavy atom. The van der Waals surface area contributed by atoms with Crippen molar-refractivity contribution >= 4 is 38.9 Å². The van der Waals surface area contributed by atoms with Crippen molar-refractivity contribution < 1.29 is 18.4 Å². The van der Waals surface area contributed by atoms with Crippen LogP contribution in [0.15, 0.2) is 30.3 Å². The zero-order chi connectivity index (χ0) is 18.3. The van der Waals surface area contributed by atoms with Gasteiger partial charge >= 0.3 is 0 Å². The van der Waals surface area contributed by atoms with E-state index in [1.165, 1.54) is 36.5 Å². The maximum Gasteiger partial charge on any atom is 0.266 e. The lowest BCUT2D eigenvalue weighted by Gasteiger charge is -2.10. The van der Waals surface area contributed by atoms with Crippen LogP contribution in [-0.4, -0.2) is 11.8 Å². The molecule has 3 N–H and O–H groups in total. The molecule has 0 spiro atoms. The summed E-state index contributed by atoms with van der Waals surface area (Å²) in [4.78, 5) is 24.3. The van der Waals surface area contributed by atoms with E-state index in [4.69, 9.17) is 5.73 Å². The second kappa shape index (κ2) is 6.25. The van der Waals surface area contributed by atoms with E-state index in [1.54, 1.807) is 13.0 Å². The molecule has 3 rings (SSSR count). The SMILES string of the molecule is Cc1c(F)cc(C(N)=O)cc1NC(=O)c1sc2ccc(F)cc2c1C. The molecule has 0 saturated carbocycles. The van der Waals surface area contributed by atoms with Gasteiger partial charge in [-0.25, -0.2) is 8.78 Å². The average Bonchev–Trinajstić information content (AvgIpc) is 2.88. The average molecular weight is 360 g/mol. The zero-order valence-electron chi connectivity index (χ0n) is 13.4. The fourth-order valence-corrected chi connectivity index (χ4v) is 3.62. The molecule has 0 aliphatic heterocycles. The van der Waals surface area contributed by atoms with Gasteiger partial charge in [0.2, 0.25) is 5.91 Å². The Labute approximate surface area is 146 Å². The summed E-state index contributed by atoms with van der Waals surface area (Å²) in [6, 6.07) is 6.67. The number of hydrogen-bond acceptors (Lipinski definition) is 3. The summed E-state index contributed by atoms with van der Waals surface area (Å²) < 4.78 is 28.1. The predicted octanol–water partition coefficient (Wildman–Crippen LogP) is 4.15. The van der Waals surface area contributed by atoms with Crippen LogP contribution in [0.2, 0.25) is 0 Å². The number of carbonyl (C=O) groups is 2. The number of nitrogens with one attached hydrogen (secondary N) is 1. The molecule has 2 amide bonds. The number of halogens is 2. The summed E-state index contributed by atoms with van der Waals surface area (Å²) in [6.45, 7) is 3.21. The number of rotatable bonds is 3. The fraction of sp³-hybridized carbons (Fsp3) is 0.111. The third kappa shape index (κ3) is 3.10. The first-order chi connectivity index (χ1) is 11.8. The van der Waals surface area contributed by atoms with E-state index in [0.717, 1.165) is 10.8 Å². The molecule has 0 saturated heterocycles. The summed E-state index contributed by atoms with van der Waals surface area (Å²) in [7, 11) is 0. The number of nitrogens with two attached hydrogens (primary N) is 1. The van der Waals surface area contributed by atoms with Gasteiger partial charge in [0.25, 0.3) is 5.91 Å². The van der Waals surface area contributed by atoms with E-state index in [0.29, 0.717) is 15.8 Å². The van der Waals surface area contributed by atoms with Crippen LogP contribution in [0.1, 0.15) is 31.2 Å². The Morgan fingerprint density at radius 1 is 1.08 bits per heavy atom. The number of amides is 2. The second-order valence-electron chi connectivity index (χ2n) is 5.65. The minimum atomic E-state index is -0.789. The molecule has 3 aromatic rings. The van der Waals surface area contributed by atoms with Crippen molar-refractivity contribution in [2.24, 2.45) is 5.73 Å². The molecule has 1 heterocycles. The van der Waals surface area contributed by atoms with Gasteiger partial charge in [-0.05, 0) is 55.1 Å². The largest absolute Gasteiger partial charge is 0.366 e. The second-order valence-corrected chi connectivity index (χ2v) is 6.70. The quantitative estimate of drug-likeness (QED) is 0.736. The van der Waals surface area contributed by atoms with Gasteiger partial charge in [0.1, 0.15) is 11.6 Å². The first kappa shape index (κ1) is 17.0. The summed E-state index contributed by atoms with van der Waals surface area (Å²) in [6.07, 6.45) is 0. The lowest BCUT2D eigenvalue weighted by molar-refractivity contribution is 0.0996. The molecule has 0 fully saturated rings. The molecule has 0 aliphatic carbocycles. The maximum absolute atomic E-state index is 13.9. The van der Waals surface area contributed by atoms with Crippen LogP contribution in [0.4, 0.5) is 14.5 Å². The molecule has 0 aliphatic rings. The van der Waals surface area contributed by atoms with Crippen molar-refractivity contribution in [1.82, 2.24) is 0 Å². The number of thiophene rings is 1. The first-order valence-corrected chi connectivity index (χ1v) is 8.19. The molecule has 0 bridgehead atoms. The predicted molar refractivity (Wildman–Crippen MR) is 94.1 cm³/mol. The minimum Gasteiger partial charge on any atom is -0.366 e. The summed E-state index contributed by atoms with van der Waals surface area (Å²) >= 11 is 1.22. The molecule has 1 aromatic heterocycles. The van der Waals surface area contributed by atoms with Crippen LogP contribution in [0.25, 0.3) is 10.1 Å². The number of aryl methyl sites for hydroxylation is 1. The molecule has 7 heteroatoms. The third-order valence-electron chi connectivity index (χ3n) is 3.98. The molecule has 128 valence electrons. The zero-order valence-corrected chi connectivity index (χ0v) is 14.3. The van der Waals surface area contributed by atoms with Gasteiger partial charge in [0.05, 0.1) is 4.88 Å². The molecule has 25 heavy (non-hydrogen) atoms. The smallest absolute Gasteiger partial charge is 0.266 e. The van der Waals surface area contributed by atoms with Crippen molar-refractivity contribution in [3.05, 3.63) is 63.5 Å². The van der Waals surface area contributed by atoms with E-state index in [9.17, 15) is 18.4 Å². The molecule has 0 unspecified atom stereocenters. The van der Waals surface area contributed by atoms with Crippen molar-refractivity contribution in [1.29, 1.82) is 0 Å². The Balaban J connectivity index is 2.01. The standard InChI is InChI=1S/C18H14F2N2O2S/c1-8-12-7-11(19)3-4-15(12)25-16(8)18(24)22-14-6-10(17(21)23)5-13(20)9(14)2/h3-7H,1-2H3,(H2,21,23)(H,22,24). The van der Waals surface area contributed by atoms with Gasteiger partial charge in [-0.2, -0.15) is 0 Å². The summed E-state index contributed by atoms with van der Waals surface area (Å²) in [5, 5.41) is 3.27. The topological polar surface area (TPSA) is 72.2 Å². The highest BCUT2D eigenvalue weighted by Gasteiger charge is 2.18. The lowest BCUT2D eigenvalue weighted by Crippen LogP contribution is -2.16. The Hall–Kier alpha value is -2.80. The van der Waals surface area contributed by atoms with E-state index in [1.807, 2.05) is 0 Å². The normalized spacial score (nSPS) is 10.9. The minimum absolute atomic E-state index is 0.0338. The third-order valence-corrected chi connectivity index (χ3v) is 5.25. The molecular weight excluding hydrogens is 346 g/mol. The van der Waals surface area contributed by atoms with E-state index < -0.39 is 17.6 Å². The maximum atomic E-state index is 13.9. The molecular formula is C18H14F2N2O2S. The first-order valence-electron chi connectivity index (χ1n) is 7.38. The van der Waals surface area contributed by atoms with Crippen molar-refractivity contribution in [3.63, 3.8) is 0 Å².